The molecule has 3 N–H and O–H groups in total. The Morgan fingerprint density at radius 3 is 2.54 bits per heavy atom. The second-order valence-electron chi connectivity index (χ2n) is 6.13. The van der Waals surface area contributed by atoms with Crippen LogP contribution in [0.15, 0.2) is 58.1 Å². The Hall–Kier alpha value is -1.74. The van der Waals surface area contributed by atoms with Crippen molar-refractivity contribution in [1.82, 2.24) is 10.6 Å². The Morgan fingerprint density at radius 2 is 1.92 bits per heavy atom. The molecule has 2 aromatic rings. The minimum atomic E-state index is -1.13. The Bertz CT molecular complexity index is 645. The van der Waals surface area contributed by atoms with Crippen molar-refractivity contribution in [2.24, 2.45) is 4.99 Å². The molecule has 0 saturated heterocycles. The molecule has 26 heavy (non-hydrogen) atoms. The fraction of sp³-hybridized carbons (Fsp3) is 0.421. The molecule has 1 unspecified atom stereocenters. The molecule has 1 atom stereocenters. The number of nitrogens with one attached hydrogen (secondary N) is 2. The number of benzene rings is 1. The van der Waals surface area contributed by atoms with Gasteiger partial charge in [-0.2, -0.15) is 0 Å². The van der Waals surface area contributed by atoms with Gasteiger partial charge in [-0.05, 0) is 38.1 Å². The van der Waals surface area contributed by atoms with Crippen molar-refractivity contribution in [2.45, 2.75) is 19.4 Å². The number of nitrogens with zero attached hydrogens (tertiary/aromatic N) is 2. The molecule has 1 aromatic heterocycles. The second-order valence-corrected chi connectivity index (χ2v) is 6.13. The van der Waals surface area contributed by atoms with Gasteiger partial charge in [-0.3, -0.25) is 0 Å². The average Bonchev–Trinajstić information content (AvgIpc) is 3.16. The fourth-order valence-electron chi connectivity index (χ4n) is 2.39. The number of anilines is 1. The lowest BCUT2D eigenvalue weighted by Crippen LogP contribution is -2.42. The molecule has 1 heterocycles. The maximum atomic E-state index is 10.5. The molecule has 0 spiro atoms. The smallest absolute Gasteiger partial charge is 0.191 e. The van der Waals surface area contributed by atoms with Crippen LogP contribution < -0.4 is 15.5 Å². The van der Waals surface area contributed by atoms with Gasteiger partial charge in [0.05, 0.1) is 12.8 Å². The van der Waals surface area contributed by atoms with E-state index in [-0.39, 0.29) is 30.5 Å². The summed E-state index contributed by atoms with van der Waals surface area (Å²) in [6.45, 7) is 6.25. The first-order valence-electron chi connectivity index (χ1n) is 8.57. The summed E-state index contributed by atoms with van der Waals surface area (Å²) in [6.07, 6.45) is 1.55. The Morgan fingerprint density at radius 1 is 1.19 bits per heavy atom. The summed E-state index contributed by atoms with van der Waals surface area (Å²) in [7, 11) is 2.06. The largest absolute Gasteiger partial charge is 0.466 e. The van der Waals surface area contributed by atoms with E-state index in [1.54, 1.807) is 25.3 Å². The zero-order valence-electron chi connectivity index (χ0n) is 15.6. The molecular weight excluding hydrogens is 443 g/mol. The number of furan rings is 1. The van der Waals surface area contributed by atoms with Crippen LogP contribution in [0.25, 0.3) is 0 Å². The van der Waals surface area contributed by atoms with Gasteiger partial charge in [0, 0.05) is 32.4 Å². The highest BCUT2D eigenvalue weighted by atomic mass is 127. The van der Waals surface area contributed by atoms with Crippen LogP contribution >= 0.6 is 24.0 Å². The second kappa shape index (κ2) is 11.1. The first-order chi connectivity index (χ1) is 12.0. The topological polar surface area (TPSA) is 73.0 Å². The van der Waals surface area contributed by atoms with Crippen molar-refractivity contribution >= 4 is 35.6 Å². The molecule has 7 heteroatoms. The van der Waals surface area contributed by atoms with Crippen LogP contribution in [-0.4, -0.2) is 44.3 Å². The molecule has 0 fully saturated rings. The van der Waals surface area contributed by atoms with E-state index in [0.717, 1.165) is 19.6 Å². The van der Waals surface area contributed by atoms with Gasteiger partial charge in [0.1, 0.15) is 11.4 Å². The van der Waals surface area contributed by atoms with E-state index in [1.807, 2.05) is 25.1 Å². The predicted octanol–water partition coefficient (Wildman–Crippen LogP) is 2.80. The maximum Gasteiger partial charge on any atom is 0.191 e. The van der Waals surface area contributed by atoms with Gasteiger partial charge in [0.15, 0.2) is 5.96 Å². The third-order valence-electron chi connectivity index (χ3n) is 3.88. The zero-order valence-corrected chi connectivity index (χ0v) is 17.9. The highest BCUT2D eigenvalue weighted by Gasteiger charge is 2.26. The molecule has 1 aromatic carbocycles. The molecule has 0 bridgehead atoms. The average molecular weight is 472 g/mol. The summed E-state index contributed by atoms with van der Waals surface area (Å²) in [5.41, 5.74) is 0.0409. The molecule has 144 valence electrons. The number of likely N-dealkylation sites (N-methyl/N-ethyl adjacent to an activating group) is 1. The number of aliphatic imine (C=N–C) groups is 1. The van der Waals surface area contributed by atoms with Gasteiger partial charge in [-0.15, -0.1) is 24.0 Å². The molecule has 2 rings (SSSR count). The van der Waals surface area contributed by atoms with Gasteiger partial charge in [-0.25, -0.2) is 4.99 Å². The van der Waals surface area contributed by atoms with E-state index in [0.29, 0.717) is 11.7 Å². The minimum Gasteiger partial charge on any atom is -0.466 e. The summed E-state index contributed by atoms with van der Waals surface area (Å²) in [5.74, 6) is 1.19. The third-order valence-corrected chi connectivity index (χ3v) is 3.88. The van der Waals surface area contributed by atoms with E-state index in [2.05, 4.69) is 39.7 Å². The van der Waals surface area contributed by atoms with Crippen LogP contribution in [0.5, 0.6) is 0 Å². The summed E-state index contributed by atoms with van der Waals surface area (Å²) < 4.78 is 5.29. The van der Waals surface area contributed by atoms with Crippen LogP contribution in [-0.2, 0) is 5.60 Å². The summed E-state index contributed by atoms with van der Waals surface area (Å²) in [4.78, 5) is 6.65. The number of rotatable bonds is 8. The van der Waals surface area contributed by atoms with E-state index in [4.69, 9.17) is 4.42 Å². The summed E-state index contributed by atoms with van der Waals surface area (Å²) >= 11 is 0. The molecule has 6 nitrogen and oxygen atoms in total. The molecule has 0 radical (unpaired) electrons. The lowest BCUT2D eigenvalue weighted by atomic mass is 10.0. The van der Waals surface area contributed by atoms with Crippen LogP contribution in [0.3, 0.4) is 0 Å². The fourth-order valence-corrected chi connectivity index (χ4v) is 2.39. The Balaban J connectivity index is 0.00000338. The minimum absolute atomic E-state index is 0. The van der Waals surface area contributed by atoms with Crippen LogP contribution in [0.4, 0.5) is 5.69 Å². The highest BCUT2D eigenvalue weighted by molar-refractivity contribution is 14.0. The van der Waals surface area contributed by atoms with Crippen molar-refractivity contribution in [3.05, 3.63) is 54.5 Å². The number of halogens is 1. The van der Waals surface area contributed by atoms with Gasteiger partial charge in [0.2, 0.25) is 0 Å². The van der Waals surface area contributed by atoms with Gasteiger partial charge >= 0.3 is 0 Å². The quantitative estimate of drug-likeness (QED) is 0.313. The predicted molar refractivity (Wildman–Crippen MR) is 117 cm³/mol. The number of hydrogen-bond acceptors (Lipinski definition) is 4. The number of guanidine groups is 1. The van der Waals surface area contributed by atoms with E-state index in [9.17, 15) is 5.11 Å². The molecule has 0 saturated carbocycles. The monoisotopic (exact) mass is 472 g/mol. The Kier molecular flexibility index (Phi) is 9.50. The highest BCUT2D eigenvalue weighted by Crippen LogP contribution is 2.21. The van der Waals surface area contributed by atoms with Crippen molar-refractivity contribution in [2.75, 3.05) is 38.1 Å². The molecule has 0 aliphatic carbocycles. The molecule has 0 aliphatic rings. The molecular formula is C19H29IN4O2. The van der Waals surface area contributed by atoms with E-state index in [1.165, 1.54) is 5.69 Å². The van der Waals surface area contributed by atoms with E-state index < -0.39 is 5.60 Å². The molecule has 0 aliphatic heterocycles. The van der Waals surface area contributed by atoms with Gasteiger partial charge in [-0.1, -0.05) is 18.2 Å². The van der Waals surface area contributed by atoms with Crippen molar-refractivity contribution in [3.8, 4) is 0 Å². The summed E-state index contributed by atoms with van der Waals surface area (Å²) in [5, 5.41) is 17.0. The van der Waals surface area contributed by atoms with Crippen LogP contribution in [0.2, 0.25) is 0 Å². The number of aliphatic hydroxyl groups is 1. The SMILES string of the molecule is CCNC(=NCC(C)(O)c1ccco1)NCCN(C)c1ccccc1.I. The van der Waals surface area contributed by atoms with Gasteiger partial charge in [0.25, 0.3) is 0 Å². The first-order valence-corrected chi connectivity index (χ1v) is 8.57. The standard InChI is InChI=1S/C19H28N4O2.HI/c1-4-20-18(22-15-19(2,24)17-11-8-14-25-17)21-12-13-23(3)16-9-6-5-7-10-16;/h5-11,14,24H,4,12-13,15H2,1-3H3,(H2,20,21,22);1H. The lowest BCUT2D eigenvalue weighted by molar-refractivity contribution is 0.0437. The zero-order chi connectivity index (χ0) is 18.1. The molecule has 0 amide bonds. The van der Waals surface area contributed by atoms with Crippen molar-refractivity contribution in [3.63, 3.8) is 0 Å². The number of hydrogen-bond donors (Lipinski definition) is 3. The van der Waals surface area contributed by atoms with Gasteiger partial charge < -0.3 is 25.1 Å². The van der Waals surface area contributed by atoms with E-state index >= 15 is 0 Å². The van der Waals surface area contributed by atoms with Crippen molar-refractivity contribution in [1.29, 1.82) is 0 Å². The maximum absolute atomic E-state index is 10.5. The number of para-hydroxylation sites is 1. The Labute approximate surface area is 172 Å². The lowest BCUT2D eigenvalue weighted by Gasteiger charge is -2.21. The first kappa shape index (κ1) is 22.3. The van der Waals surface area contributed by atoms with Crippen LogP contribution in [0.1, 0.15) is 19.6 Å². The summed E-state index contributed by atoms with van der Waals surface area (Å²) in [6, 6.07) is 13.8. The normalized spacial score (nSPS) is 13.5. The third kappa shape index (κ3) is 6.87. The van der Waals surface area contributed by atoms with Crippen molar-refractivity contribution < 1.29 is 9.52 Å². The van der Waals surface area contributed by atoms with Crippen LogP contribution in [0, 0.1) is 0 Å².